The van der Waals surface area contributed by atoms with Gasteiger partial charge in [0.1, 0.15) is 5.76 Å². The second-order valence-corrected chi connectivity index (χ2v) is 7.08. The molecule has 1 aliphatic heterocycles. The fourth-order valence-electron chi connectivity index (χ4n) is 3.03. The molecule has 26 heavy (non-hydrogen) atoms. The normalized spacial score (nSPS) is 17.3. The summed E-state index contributed by atoms with van der Waals surface area (Å²) in [7, 11) is 0. The first-order valence-corrected chi connectivity index (χ1v) is 9.64. The van der Waals surface area contributed by atoms with Gasteiger partial charge in [-0.25, -0.2) is 4.98 Å². The van der Waals surface area contributed by atoms with Gasteiger partial charge < -0.3 is 14.1 Å². The number of furan rings is 1. The van der Waals surface area contributed by atoms with E-state index < -0.39 is 0 Å². The number of amides is 2. The number of hydrogen-bond acceptors (Lipinski definition) is 6. The van der Waals surface area contributed by atoms with Crippen LogP contribution in [0.4, 0.5) is 5.13 Å². The van der Waals surface area contributed by atoms with Crippen LogP contribution in [0.5, 0.6) is 0 Å². The van der Waals surface area contributed by atoms with Crippen molar-refractivity contribution in [2.45, 2.75) is 39.2 Å². The van der Waals surface area contributed by atoms with Crippen LogP contribution < -0.4 is 5.32 Å². The van der Waals surface area contributed by atoms with E-state index in [9.17, 15) is 9.59 Å². The molecule has 0 saturated carbocycles. The molecule has 3 heterocycles. The number of rotatable bonds is 6. The summed E-state index contributed by atoms with van der Waals surface area (Å²) in [6, 6.07) is 1.62. The lowest BCUT2D eigenvalue weighted by molar-refractivity contribution is -0.134. The Labute approximate surface area is 156 Å². The third kappa shape index (κ3) is 4.50. The zero-order valence-corrected chi connectivity index (χ0v) is 15.8. The van der Waals surface area contributed by atoms with Crippen molar-refractivity contribution >= 4 is 28.3 Å². The van der Waals surface area contributed by atoms with E-state index in [4.69, 9.17) is 9.15 Å². The van der Waals surface area contributed by atoms with Gasteiger partial charge in [0.25, 0.3) is 5.91 Å². The van der Waals surface area contributed by atoms with E-state index in [1.165, 1.54) is 17.6 Å². The highest BCUT2D eigenvalue weighted by atomic mass is 32.1. The molecule has 2 aromatic heterocycles. The number of aryl methyl sites for hydroxylation is 1. The first kappa shape index (κ1) is 18.6. The molecule has 1 atom stereocenters. The predicted molar refractivity (Wildman–Crippen MR) is 98.4 cm³/mol. The number of carbonyl (C=O) groups is 2. The Balaban J connectivity index is 1.55. The van der Waals surface area contributed by atoms with Crippen LogP contribution in [0, 0.1) is 6.92 Å². The molecular weight excluding hydrogens is 354 g/mol. The number of carbonyl (C=O) groups excluding carboxylic acids is 2. The lowest BCUT2D eigenvalue weighted by atomic mass is 10.1. The predicted octanol–water partition coefficient (Wildman–Crippen LogP) is 2.87. The molecule has 2 aromatic rings. The maximum Gasteiger partial charge on any atom is 0.260 e. The average molecular weight is 377 g/mol. The Morgan fingerprint density at radius 3 is 3.08 bits per heavy atom. The summed E-state index contributed by atoms with van der Waals surface area (Å²) in [6.07, 6.45) is 3.79. The van der Waals surface area contributed by atoms with Crippen LogP contribution in [0.1, 0.15) is 41.6 Å². The van der Waals surface area contributed by atoms with Gasteiger partial charge >= 0.3 is 0 Å². The third-order valence-electron chi connectivity index (χ3n) is 4.34. The van der Waals surface area contributed by atoms with Gasteiger partial charge in [0, 0.05) is 25.1 Å². The molecule has 140 valence electrons. The van der Waals surface area contributed by atoms with Crippen molar-refractivity contribution in [3.05, 3.63) is 34.7 Å². The van der Waals surface area contributed by atoms with Gasteiger partial charge in [0.15, 0.2) is 5.13 Å². The second-order valence-electron chi connectivity index (χ2n) is 6.22. The summed E-state index contributed by atoms with van der Waals surface area (Å²) >= 11 is 1.31. The minimum atomic E-state index is -0.265. The molecule has 8 heteroatoms. The van der Waals surface area contributed by atoms with E-state index in [0.717, 1.165) is 19.4 Å². The Hall–Kier alpha value is -2.19. The third-order valence-corrected chi connectivity index (χ3v) is 5.15. The molecule has 1 unspecified atom stereocenters. The largest absolute Gasteiger partial charge is 0.469 e. The van der Waals surface area contributed by atoms with Crippen LogP contribution >= 0.6 is 11.3 Å². The average Bonchev–Trinajstić information content (AvgIpc) is 3.24. The van der Waals surface area contributed by atoms with Crippen molar-refractivity contribution in [1.29, 1.82) is 0 Å². The molecule has 7 nitrogen and oxygen atoms in total. The molecule has 1 aliphatic rings. The number of likely N-dealkylation sites (tertiary alicyclic amines) is 1. The van der Waals surface area contributed by atoms with Crippen LogP contribution in [-0.4, -0.2) is 47.5 Å². The van der Waals surface area contributed by atoms with E-state index in [-0.39, 0.29) is 24.3 Å². The summed E-state index contributed by atoms with van der Waals surface area (Å²) in [5.41, 5.74) is 1.14. The lowest BCUT2D eigenvalue weighted by Gasteiger charge is -2.32. The Bertz CT molecular complexity index is 768. The zero-order chi connectivity index (χ0) is 18.5. The van der Waals surface area contributed by atoms with Gasteiger partial charge in [0.2, 0.25) is 5.91 Å². The van der Waals surface area contributed by atoms with Gasteiger partial charge in [-0.15, -0.1) is 11.3 Å². The number of ether oxygens (including phenoxy) is 1. The van der Waals surface area contributed by atoms with Crippen molar-refractivity contribution in [2.75, 3.05) is 25.0 Å². The molecule has 0 aromatic carbocycles. The van der Waals surface area contributed by atoms with Gasteiger partial charge in [-0.3, -0.25) is 14.9 Å². The van der Waals surface area contributed by atoms with E-state index in [1.807, 2.05) is 11.8 Å². The molecule has 0 aliphatic carbocycles. The highest BCUT2D eigenvalue weighted by Crippen LogP contribution is 2.20. The zero-order valence-electron chi connectivity index (χ0n) is 15.0. The summed E-state index contributed by atoms with van der Waals surface area (Å²) in [5, 5.41) is 5.03. The maximum atomic E-state index is 12.5. The molecule has 0 spiro atoms. The SMILES string of the molecule is CCOC1CCCN(C(=O)Cc2csc(NC(=O)c3ccoc3C)n2)C1. The fraction of sp³-hybridized carbons (Fsp3) is 0.500. The van der Waals surface area contributed by atoms with Gasteiger partial charge in [-0.1, -0.05) is 0 Å². The van der Waals surface area contributed by atoms with E-state index in [2.05, 4.69) is 10.3 Å². The highest BCUT2D eigenvalue weighted by Gasteiger charge is 2.24. The smallest absolute Gasteiger partial charge is 0.260 e. The number of hydrogen-bond donors (Lipinski definition) is 1. The Kier molecular flexibility index (Phi) is 6.05. The molecule has 3 rings (SSSR count). The number of anilines is 1. The van der Waals surface area contributed by atoms with Crippen LogP contribution in [0.2, 0.25) is 0 Å². The number of thiazole rings is 1. The van der Waals surface area contributed by atoms with Crippen LogP contribution in [-0.2, 0) is 16.0 Å². The van der Waals surface area contributed by atoms with Crippen molar-refractivity contribution in [1.82, 2.24) is 9.88 Å². The molecule has 1 saturated heterocycles. The molecule has 0 bridgehead atoms. The number of aromatic nitrogens is 1. The summed E-state index contributed by atoms with van der Waals surface area (Å²) in [5.74, 6) is 0.339. The summed E-state index contributed by atoms with van der Waals surface area (Å²) < 4.78 is 10.8. The highest BCUT2D eigenvalue weighted by molar-refractivity contribution is 7.14. The summed E-state index contributed by atoms with van der Waals surface area (Å²) in [6.45, 7) is 5.76. The minimum absolute atomic E-state index is 0.0447. The van der Waals surface area contributed by atoms with Gasteiger partial charge in [0.05, 0.1) is 30.0 Å². The quantitative estimate of drug-likeness (QED) is 0.837. The van der Waals surface area contributed by atoms with Crippen LogP contribution in [0.15, 0.2) is 22.1 Å². The number of piperidine rings is 1. The molecular formula is C18H23N3O4S. The lowest BCUT2D eigenvalue weighted by Crippen LogP contribution is -2.43. The first-order chi connectivity index (χ1) is 12.6. The van der Waals surface area contributed by atoms with Crippen molar-refractivity contribution in [3.63, 3.8) is 0 Å². The molecule has 2 amide bonds. The van der Waals surface area contributed by atoms with E-state index in [1.54, 1.807) is 18.4 Å². The number of nitrogens with zero attached hydrogens (tertiary/aromatic N) is 2. The van der Waals surface area contributed by atoms with Crippen LogP contribution in [0.25, 0.3) is 0 Å². The van der Waals surface area contributed by atoms with E-state index >= 15 is 0 Å². The monoisotopic (exact) mass is 377 g/mol. The Morgan fingerprint density at radius 2 is 2.35 bits per heavy atom. The topological polar surface area (TPSA) is 84.7 Å². The standard InChI is InChI=1S/C18H23N3O4S/c1-3-24-14-5-4-7-21(10-14)16(22)9-13-11-26-18(19-13)20-17(23)15-6-8-25-12(15)2/h6,8,11,14H,3-5,7,9-10H2,1-2H3,(H,19,20,23). The Morgan fingerprint density at radius 1 is 1.50 bits per heavy atom. The van der Waals surface area contributed by atoms with Crippen molar-refractivity contribution in [2.24, 2.45) is 0 Å². The summed E-state index contributed by atoms with van der Waals surface area (Å²) in [4.78, 5) is 30.9. The van der Waals surface area contributed by atoms with E-state index in [0.29, 0.717) is 35.3 Å². The first-order valence-electron chi connectivity index (χ1n) is 8.76. The molecule has 1 N–H and O–H groups in total. The molecule has 0 radical (unpaired) electrons. The fourth-order valence-corrected chi connectivity index (χ4v) is 3.74. The molecule has 1 fully saturated rings. The second kappa shape index (κ2) is 8.46. The maximum absolute atomic E-state index is 12.5. The number of nitrogens with one attached hydrogen (secondary N) is 1. The van der Waals surface area contributed by atoms with Crippen molar-refractivity contribution in [3.8, 4) is 0 Å². The van der Waals surface area contributed by atoms with Crippen LogP contribution in [0.3, 0.4) is 0 Å². The van der Waals surface area contributed by atoms with Gasteiger partial charge in [-0.05, 0) is 32.8 Å². The van der Waals surface area contributed by atoms with Gasteiger partial charge in [-0.2, -0.15) is 0 Å². The minimum Gasteiger partial charge on any atom is -0.469 e. The van der Waals surface area contributed by atoms with Crippen molar-refractivity contribution < 1.29 is 18.7 Å².